The fourth-order valence-electron chi connectivity index (χ4n) is 2.23. The van der Waals surface area contributed by atoms with Crippen LogP contribution in [0.1, 0.15) is 12.2 Å². The monoisotopic (exact) mass is 271 g/mol. The molecule has 0 N–H and O–H groups in total. The molecule has 0 fully saturated rings. The standard InChI is InChI=1S/C13H17N7/c1-11-16-17-13(12-8-15-18(2)9-12)20(11)6-3-5-19-7-4-14-10-19/h4,7-10H,3,5-6H2,1-2H3. The lowest BCUT2D eigenvalue weighted by Crippen LogP contribution is -2.06. The number of imidazole rings is 1. The van der Waals surface area contributed by atoms with Crippen molar-refractivity contribution in [1.82, 2.24) is 34.1 Å². The van der Waals surface area contributed by atoms with Gasteiger partial charge >= 0.3 is 0 Å². The van der Waals surface area contributed by atoms with E-state index in [0.717, 1.165) is 36.7 Å². The number of aromatic nitrogens is 7. The molecule has 0 aliphatic carbocycles. The normalized spacial score (nSPS) is 11.1. The average Bonchev–Trinajstić information content (AvgIpc) is 3.13. The molecule has 0 saturated heterocycles. The van der Waals surface area contributed by atoms with E-state index in [-0.39, 0.29) is 0 Å². The van der Waals surface area contributed by atoms with Crippen LogP contribution in [0, 0.1) is 6.92 Å². The van der Waals surface area contributed by atoms with Crippen LogP contribution in [0.4, 0.5) is 0 Å². The minimum absolute atomic E-state index is 0.876. The molecule has 0 aliphatic heterocycles. The van der Waals surface area contributed by atoms with E-state index in [2.05, 4.69) is 29.4 Å². The topological polar surface area (TPSA) is 66.3 Å². The van der Waals surface area contributed by atoms with Gasteiger partial charge in [0.1, 0.15) is 5.82 Å². The van der Waals surface area contributed by atoms with E-state index in [4.69, 9.17) is 0 Å². The predicted molar refractivity (Wildman–Crippen MR) is 73.8 cm³/mol. The summed E-state index contributed by atoms with van der Waals surface area (Å²) in [4.78, 5) is 4.04. The van der Waals surface area contributed by atoms with E-state index in [9.17, 15) is 0 Å². The van der Waals surface area contributed by atoms with Crippen molar-refractivity contribution in [3.63, 3.8) is 0 Å². The maximum atomic E-state index is 4.26. The van der Waals surface area contributed by atoms with Crippen LogP contribution in [-0.2, 0) is 20.1 Å². The Kier molecular flexibility index (Phi) is 3.32. The zero-order chi connectivity index (χ0) is 13.9. The Morgan fingerprint density at radius 3 is 2.80 bits per heavy atom. The first-order valence-corrected chi connectivity index (χ1v) is 6.58. The van der Waals surface area contributed by atoms with Gasteiger partial charge < -0.3 is 9.13 Å². The lowest BCUT2D eigenvalue weighted by atomic mass is 10.3. The van der Waals surface area contributed by atoms with Gasteiger partial charge in [0.2, 0.25) is 0 Å². The predicted octanol–water partition coefficient (Wildman–Crippen LogP) is 1.27. The van der Waals surface area contributed by atoms with Crippen molar-refractivity contribution in [3.8, 4) is 11.4 Å². The van der Waals surface area contributed by atoms with Crippen LogP contribution in [0.5, 0.6) is 0 Å². The third kappa shape index (κ3) is 2.47. The fourth-order valence-corrected chi connectivity index (χ4v) is 2.23. The lowest BCUT2D eigenvalue weighted by molar-refractivity contribution is 0.557. The minimum Gasteiger partial charge on any atom is -0.337 e. The third-order valence-electron chi connectivity index (χ3n) is 3.26. The summed E-state index contributed by atoms with van der Waals surface area (Å²) >= 11 is 0. The van der Waals surface area contributed by atoms with E-state index in [1.165, 1.54) is 0 Å². The van der Waals surface area contributed by atoms with E-state index >= 15 is 0 Å². The van der Waals surface area contributed by atoms with Gasteiger partial charge in [-0.2, -0.15) is 5.10 Å². The third-order valence-corrected chi connectivity index (χ3v) is 3.26. The molecule has 0 spiro atoms. The molecule has 7 heteroatoms. The minimum atomic E-state index is 0.876. The highest BCUT2D eigenvalue weighted by molar-refractivity contribution is 5.52. The summed E-state index contributed by atoms with van der Waals surface area (Å²) in [5.74, 6) is 1.80. The first-order valence-electron chi connectivity index (χ1n) is 6.58. The number of rotatable bonds is 5. The van der Waals surface area contributed by atoms with Gasteiger partial charge in [-0.25, -0.2) is 4.98 Å². The molecule has 20 heavy (non-hydrogen) atoms. The molecular formula is C13H17N7. The number of hydrogen-bond acceptors (Lipinski definition) is 4. The van der Waals surface area contributed by atoms with Gasteiger partial charge in [-0.05, 0) is 13.3 Å². The molecule has 0 aliphatic rings. The Morgan fingerprint density at radius 1 is 1.20 bits per heavy atom. The summed E-state index contributed by atoms with van der Waals surface area (Å²) in [6.45, 7) is 3.79. The van der Waals surface area contributed by atoms with Crippen molar-refractivity contribution in [1.29, 1.82) is 0 Å². The Bertz CT molecular complexity index is 677. The van der Waals surface area contributed by atoms with Gasteiger partial charge in [0.25, 0.3) is 0 Å². The summed E-state index contributed by atoms with van der Waals surface area (Å²) in [6, 6.07) is 0. The van der Waals surface area contributed by atoms with Gasteiger partial charge in [0.05, 0.1) is 18.1 Å². The fraction of sp³-hybridized carbons (Fsp3) is 0.385. The molecule has 3 rings (SSSR count). The van der Waals surface area contributed by atoms with Crippen LogP contribution in [0.15, 0.2) is 31.1 Å². The Hall–Kier alpha value is -2.44. The summed E-state index contributed by atoms with van der Waals surface area (Å²) in [5.41, 5.74) is 0.996. The molecule has 0 unspecified atom stereocenters. The molecule has 7 nitrogen and oxygen atoms in total. The second-order valence-corrected chi connectivity index (χ2v) is 4.78. The quantitative estimate of drug-likeness (QED) is 0.701. The lowest BCUT2D eigenvalue weighted by Gasteiger charge is -2.08. The molecule has 0 radical (unpaired) electrons. The molecule has 0 amide bonds. The maximum Gasteiger partial charge on any atom is 0.167 e. The van der Waals surface area contributed by atoms with Gasteiger partial charge in [0.15, 0.2) is 5.82 Å². The van der Waals surface area contributed by atoms with E-state index < -0.39 is 0 Å². The van der Waals surface area contributed by atoms with E-state index in [1.54, 1.807) is 10.9 Å². The molecule has 0 saturated carbocycles. The molecule has 0 bridgehead atoms. The molecular weight excluding hydrogens is 254 g/mol. The largest absolute Gasteiger partial charge is 0.337 e. The zero-order valence-corrected chi connectivity index (χ0v) is 11.6. The first kappa shape index (κ1) is 12.6. The first-order chi connectivity index (χ1) is 9.74. The highest BCUT2D eigenvalue weighted by Crippen LogP contribution is 2.17. The van der Waals surface area contributed by atoms with Crippen LogP contribution in [0.25, 0.3) is 11.4 Å². The number of aryl methyl sites for hydroxylation is 3. The Labute approximate surface area is 116 Å². The van der Waals surface area contributed by atoms with Crippen LogP contribution in [-0.4, -0.2) is 34.1 Å². The average molecular weight is 271 g/mol. The van der Waals surface area contributed by atoms with Gasteiger partial charge in [-0.15, -0.1) is 10.2 Å². The summed E-state index contributed by atoms with van der Waals surface area (Å²) in [7, 11) is 1.90. The summed E-state index contributed by atoms with van der Waals surface area (Å²) < 4.78 is 5.98. The summed E-state index contributed by atoms with van der Waals surface area (Å²) in [5, 5.41) is 12.6. The highest BCUT2D eigenvalue weighted by atomic mass is 15.3. The van der Waals surface area contributed by atoms with E-state index in [0.29, 0.717) is 0 Å². The molecule has 104 valence electrons. The second-order valence-electron chi connectivity index (χ2n) is 4.78. The van der Waals surface area contributed by atoms with Crippen molar-refractivity contribution >= 4 is 0 Å². The SMILES string of the molecule is Cc1nnc(-c2cnn(C)c2)n1CCCn1ccnc1. The molecule has 3 heterocycles. The van der Waals surface area contributed by atoms with Crippen molar-refractivity contribution in [2.75, 3.05) is 0 Å². The maximum absolute atomic E-state index is 4.26. The van der Waals surface area contributed by atoms with Crippen molar-refractivity contribution < 1.29 is 0 Å². The zero-order valence-electron chi connectivity index (χ0n) is 11.6. The highest BCUT2D eigenvalue weighted by Gasteiger charge is 2.12. The van der Waals surface area contributed by atoms with Crippen LogP contribution >= 0.6 is 0 Å². The van der Waals surface area contributed by atoms with Gasteiger partial charge in [-0.3, -0.25) is 4.68 Å². The molecule has 0 aromatic carbocycles. The van der Waals surface area contributed by atoms with Gasteiger partial charge in [-0.1, -0.05) is 0 Å². The van der Waals surface area contributed by atoms with E-state index in [1.807, 2.05) is 38.9 Å². The van der Waals surface area contributed by atoms with Crippen LogP contribution in [0.2, 0.25) is 0 Å². The molecule has 3 aromatic rings. The van der Waals surface area contributed by atoms with Crippen molar-refractivity contribution in [2.24, 2.45) is 7.05 Å². The Morgan fingerprint density at radius 2 is 2.10 bits per heavy atom. The smallest absolute Gasteiger partial charge is 0.167 e. The number of hydrogen-bond donors (Lipinski definition) is 0. The van der Waals surface area contributed by atoms with Crippen molar-refractivity contribution in [2.45, 2.75) is 26.4 Å². The molecule has 3 aromatic heterocycles. The van der Waals surface area contributed by atoms with Crippen LogP contribution < -0.4 is 0 Å². The molecule has 0 atom stereocenters. The Balaban J connectivity index is 1.74. The van der Waals surface area contributed by atoms with Crippen molar-refractivity contribution in [3.05, 3.63) is 36.9 Å². The van der Waals surface area contributed by atoms with Crippen LogP contribution in [0.3, 0.4) is 0 Å². The van der Waals surface area contributed by atoms with Gasteiger partial charge in [0, 0.05) is 38.7 Å². The second kappa shape index (κ2) is 5.28. The summed E-state index contributed by atoms with van der Waals surface area (Å²) in [6.07, 6.45) is 10.4. The number of nitrogens with zero attached hydrogens (tertiary/aromatic N) is 7.